The standard InChI is InChI=1S/C85H136O17P2/c1-5-9-13-17-21-25-29-33-36-38-39-41-43-47-50-54-58-62-66-70-83(88)96-76-81(102-85(90)72-68-64-60-56-52-48-44-40-37-34-30-26-22-18-14-10-6-2)78-100-104(93,94)98-74-79(86)73-97-103(91,92)99-77-80(101-84(89)71-67-63-59-55-51-45-32-28-24-20-16-12-8-4)75-95-82(87)69-65-61-57-53-49-46-42-35-31-27-23-19-15-11-7-3/h9-11,13-16,20-23,25-28,32-37,39,41-42,44,48-49,53,56,60,79-81,86H,5-8,12,17-19,24,29-31,38,40,43,45-47,50-52,54-55,57-59,61-78H2,1-4H3,(H,91,92)(H,93,94)/b13-9-,14-10-,15-11-,20-16-,25-21-,26-22-,27-23-,32-28-,36-33-,37-34-,41-39-,42-35-,48-44-,53-49-,60-56-. The van der Waals surface area contributed by atoms with Crippen LogP contribution in [0.1, 0.15) is 272 Å². The summed E-state index contributed by atoms with van der Waals surface area (Å²) in [6, 6.07) is 0. The predicted molar refractivity (Wildman–Crippen MR) is 426 cm³/mol. The molecule has 0 amide bonds. The van der Waals surface area contributed by atoms with Crippen molar-refractivity contribution >= 4 is 39.5 Å². The van der Waals surface area contributed by atoms with Gasteiger partial charge in [-0.3, -0.25) is 37.3 Å². The second kappa shape index (κ2) is 75.4. The summed E-state index contributed by atoms with van der Waals surface area (Å²) in [6.45, 7) is 4.29. The summed E-state index contributed by atoms with van der Waals surface area (Å²) in [4.78, 5) is 72.9. The number of unbranched alkanes of at least 4 members (excludes halogenated alkanes) is 15. The molecule has 0 aromatic carbocycles. The minimum atomic E-state index is -5.01. The van der Waals surface area contributed by atoms with Crippen molar-refractivity contribution in [1.29, 1.82) is 0 Å². The van der Waals surface area contributed by atoms with Crippen LogP contribution in [0.5, 0.6) is 0 Å². The van der Waals surface area contributed by atoms with E-state index < -0.39 is 97.5 Å². The van der Waals surface area contributed by atoms with Crippen LogP contribution in [-0.4, -0.2) is 96.7 Å². The Kier molecular flexibility index (Phi) is 71.2. The van der Waals surface area contributed by atoms with Crippen LogP contribution in [0.3, 0.4) is 0 Å². The number of esters is 4. The summed E-state index contributed by atoms with van der Waals surface area (Å²) in [7, 11) is -10.0. The lowest BCUT2D eigenvalue weighted by Crippen LogP contribution is -2.30. The second-order valence-corrected chi connectivity index (χ2v) is 28.1. The van der Waals surface area contributed by atoms with Gasteiger partial charge in [-0.2, -0.15) is 0 Å². The van der Waals surface area contributed by atoms with Crippen molar-refractivity contribution in [3.8, 4) is 0 Å². The maximum Gasteiger partial charge on any atom is 0.472 e. The zero-order valence-electron chi connectivity index (χ0n) is 64.1. The molecule has 0 radical (unpaired) electrons. The van der Waals surface area contributed by atoms with E-state index in [-0.39, 0.29) is 25.7 Å². The van der Waals surface area contributed by atoms with Gasteiger partial charge in [0.15, 0.2) is 12.2 Å². The van der Waals surface area contributed by atoms with Gasteiger partial charge in [0.2, 0.25) is 0 Å². The third kappa shape index (κ3) is 74.4. The molecule has 5 atom stereocenters. The number of allylic oxidation sites excluding steroid dienone is 30. The van der Waals surface area contributed by atoms with Gasteiger partial charge in [0.05, 0.1) is 26.4 Å². The van der Waals surface area contributed by atoms with Crippen molar-refractivity contribution in [3.05, 3.63) is 182 Å². The van der Waals surface area contributed by atoms with Crippen molar-refractivity contribution in [2.75, 3.05) is 39.6 Å². The molecule has 5 unspecified atom stereocenters. The molecular formula is C85H136O17P2. The first-order chi connectivity index (χ1) is 50.7. The van der Waals surface area contributed by atoms with Crippen LogP contribution in [-0.2, 0) is 65.4 Å². The van der Waals surface area contributed by atoms with E-state index in [9.17, 15) is 43.2 Å². The maximum absolute atomic E-state index is 13.1. The molecule has 0 heterocycles. The summed E-state index contributed by atoms with van der Waals surface area (Å²) in [5.74, 6) is -2.34. The lowest BCUT2D eigenvalue weighted by Gasteiger charge is -2.21. The van der Waals surface area contributed by atoms with Crippen molar-refractivity contribution in [3.63, 3.8) is 0 Å². The van der Waals surface area contributed by atoms with Crippen LogP contribution in [0.25, 0.3) is 0 Å². The molecule has 0 bridgehead atoms. The second-order valence-electron chi connectivity index (χ2n) is 25.1. The average molecular weight is 1490 g/mol. The van der Waals surface area contributed by atoms with Gasteiger partial charge in [0, 0.05) is 25.7 Å². The zero-order valence-corrected chi connectivity index (χ0v) is 65.9. The molecule has 0 aromatic rings. The third-order valence-electron chi connectivity index (χ3n) is 15.3. The molecule has 0 aromatic heterocycles. The zero-order chi connectivity index (χ0) is 76.0. The number of carbonyl (C=O) groups is 4. The molecule has 19 heteroatoms. The summed E-state index contributed by atoms with van der Waals surface area (Å²) >= 11 is 0. The van der Waals surface area contributed by atoms with Gasteiger partial charge >= 0.3 is 39.5 Å². The van der Waals surface area contributed by atoms with E-state index in [4.69, 9.17) is 37.0 Å². The molecule has 17 nitrogen and oxygen atoms in total. The highest BCUT2D eigenvalue weighted by Crippen LogP contribution is 2.45. The fourth-order valence-corrected chi connectivity index (χ4v) is 11.1. The Balaban J connectivity index is 5.48. The highest BCUT2D eigenvalue weighted by Gasteiger charge is 2.30. The summed E-state index contributed by atoms with van der Waals surface area (Å²) in [6.07, 6.45) is 90.3. The predicted octanol–water partition coefficient (Wildman–Crippen LogP) is 22.8. The van der Waals surface area contributed by atoms with Gasteiger partial charge in [-0.15, -0.1) is 0 Å². The van der Waals surface area contributed by atoms with Gasteiger partial charge < -0.3 is 33.8 Å². The van der Waals surface area contributed by atoms with E-state index >= 15 is 0 Å². The minimum absolute atomic E-state index is 0.00488. The van der Waals surface area contributed by atoms with Crippen LogP contribution in [0.2, 0.25) is 0 Å². The number of hydrogen-bond acceptors (Lipinski definition) is 15. The number of rotatable bonds is 71. The fourth-order valence-electron chi connectivity index (χ4n) is 9.51. The topological polar surface area (TPSA) is 237 Å². The number of aliphatic hydroxyl groups is 1. The van der Waals surface area contributed by atoms with Gasteiger partial charge in [0.1, 0.15) is 19.3 Å². The lowest BCUT2D eigenvalue weighted by molar-refractivity contribution is -0.161. The number of phosphoric acid groups is 2. The Morgan fingerprint density at radius 2 is 0.510 bits per heavy atom. The van der Waals surface area contributed by atoms with Crippen molar-refractivity contribution in [1.82, 2.24) is 0 Å². The molecule has 588 valence electrons. The van der Waals surface area contributed by atoms with Gasteiger partial charge in [-0.1, -0.05) is 261 Å². The largest absolute Gasteiger partial charge is 0.472 e. The lowest BCUT2D eigenvalue weighted by atomic mass is 10.1. The Morgan fingerprint density at radius 1 is 0.279 bits per heavy atom. The normalized spacial score (nSPS) is 14.9. The van der Waals surface area contributed by atoms with Crippen LogP contribution >= 0.6 is 15.6 Å². The quantitative estimate of drug-likeness (QED) is 0.0169. The first kappa shape index (κ1) is 98.2. The highest BCUT2D eigenvalue weighted by atomic mass is 31.2. The molecule has 0 aliphatic heterocycles. The van der Waals surface area contributed by atoms with Crippen LogP contribution < -0.4 is 0 Å². The average Bonchev–Trinajstić information content (AvgIpc) is 0.917. The van der Waals surface area contributed by atoms with E-state index in [1.807, 2.05) is 12.2 Å². The van der Waals surface area contributed by atoms with E-state index in [1.165, 1.54) is 0 Å². The number of aliphatic hydroxyl groups excluding tert-OH is 1. The summed E-state index contributed by atoms with van der Waals surface area (Å²) in [5, 5.41) is 10.6. The molecule has 3 N–H and O–H groups in total. The molecule has 0 spiro atoms. The molecule has 0 aliphatic rings. The minimum Gasteiger partial charge on any atom is -0.462 e. The Morgan fingerprint density at radius 3 is 0.827 bits per heavy atom. The van der Waals surface area contributed by atoms with Gasteiger partial charge in [-0.25, -0.2) is 9.13 Å². The maximum atomic E-state index is 13.1. The first-order valence-corrected chi connectivity index (χ1v) is 42.0. The number of ether oxygens (including phenoxy) is 4. The Labute approximate surface area is 628 Å². The molecule has 0 saturated heterocycles. The number of phosphoric ester groups is 2. The van der Waals surface area contributed by atoms with E-state index in [0.717, 1.165) is 186 Å². The molecule has 0 rings (SSSR count). The smallest absolute Gasteiger partial charge is 0.462 e. The van der Waals surface area contributed by atoms with Gasteiger partial charge in [0.25, 0.3) is 0 Å². The summed E-state index contributed by atoms with van der Waals surface area (Å²) < 4.78 is 68.4. The number of hydrogen-bond donors (Lipinski definition) is 3. The van der Waals surface area contributed by atoms with Crippen molar-refractivity contribution < 1.29 is 80.2 Å². The van der Waals surface area contributed by atoms with Gasteiger partial charge in [-0.05, 0) is 167 Å². The van der Waals surface area contributed by atoms with Crippen LogP contribution in [0, 0.1) is 0 Å². The van der Waals surface area contributed by atoms with Crippen LogP contribution in [0.15, 0.2) is 182 Å². The Bertz CT molecular complexity index is 2690. The fraction of sp³-hybridized carbons (Fsp3) is 0.600. The van der Waals surface area contributed by atoms with Crippen LogP contribution in [0.4, 0.5) is 0 Å². The molecule has 0 fully saturated rings. The third-order valence-corrected chi connectivity index (χ3v) is 17.2. The van der Waals surface area contributed by atoms with Crippen molar-refractivity contribution in [2.24, 2.45) is 0 Å². The SMILES string of the molecule is CC/C=C\C/C=C\C/C=C\C/C=C\C/C=C\CCCC(=O)OC(COC(=O)CCCCCCCC/C=C\C/C=C\C/C=C\C/C=C\CC)COP(=O)(O)OCC(O)COP(=O)(O)OCC(COC(=O)CCCC/C=C\C/C=C\C/C=C\C/C=C\CC)OC(=O)CCCCCCC/C=C\C/C=C\CCC. The monoisotopic (exact) mass is 1490 g/mol. The number of carbonyl (C=O) groups excluding carboxylic acids is 4. The Hall–Kier alpha value is -5.84. The van der Waals surface area contributed by atoms with E-state index in [2.05, 4.69) is 198 Å². The highest BCUT2D eigenvalue weighted by molar-refractivity contribution is 7.47. The van der Waals surface area contributed by atoms with E-state index in [0.29, 0.717) is 32.1 Å². The molecule has 104 heavy (non-hydrogen) atoms. The molecular weight excluding hydrogens is 1350 g/mol. The molecule has 0 saturated carbocycles. The summed E-state index contributed by atoms with van der Waals surface area (Å²) in [5.41, 5.74) is 0. The van der Waals surface area contributed by atoms with Crippen molar-refractivity contribution in [2.45, 2.75) is 290 Å². The molecule has 0 aliphatic carbocycles. The first-order valence-electron chi connectivity index (χ1n) is 39.0. The van der Waals surface area contributed by atoms with E-state index in [1.54, 1.807) is 0 Å².